The van der Waals surface area contributed by atoms with Gasteiger partial charge >= 0.3 is 0 Å². The van der Waals surface area contributed by atoms with Gasteiger partial charge in [0.15, 0.2) is 5.96 Å². The number of hydrogen-bond donors (Lipinski definition) is 2. The molecule has 98 valence electrons. The number of aliphatic imine (C=N–C) groups is 1. The third-order valence-electron chi connectivity index (χ3n) is 2.41. The van der Waals surface area contributed by atoms with Gasteiger partial charge < -0.3 is 16.2 Å². The molecule has 0 fully saturated rings. The molecule has 0 saturated carbocycles. The first kappa shape index (κ1) is 13.2. The zero-order chi connectivity index (χ0) is 13.7. The molecule has 0 unspecified atom stereocenters. The Morgan fingerprint density at radius 1 is 1.11 bits per heavy atom. The molecule has 2 aromatic rings. The predicted molar refractivity (Wildman–Crippen MR) is 77.7 cm³/mol. The molecule has 2 rings (SSSR count). The lowest BCUT2D eigenvalue weighted by atomic mass is 10.2. The monoisotopic (exact) mass is 275 g/mol. The average molecular weight is 276 g/mol. The number of guanidine groups is 1. The van der Waals surface area contributed by atoms with Crippen molar-refractivity contribution in [3.63, 3.8) is 0 Å². The molecule has 4 nitrogen and oxygen atoms in total. The Labute approximate surface area is 116 Å². The van der Waals surface area contributed by atoms with Gasteiger partial charge in [-0.1, -0.05) is 41.9 Å². The molecule has 0 aliphatic heterocycles. The Morgan fingerprint density at radius 2 is 1.84 bits per heavy atom. The first-order valence-corrected chi connectivity index (χ1v) is 6.09. The Balaban J connectivity index is 2.07. The molecule has 0 atom stereocenters. The summed E-state index contributed by atoms with van der Waals surface area (Å²) in [5.74, 6) is 0.592. The highest BCUT2D eigenvalue weighted by atomic mass is 35.5. The van der Waals surface area contributed by atoms with Crippen LogP contribution in [-0.4, -0.2) is 5.96 Å². The van der Waals surface area contributed by atoms with E-state index in [-0.39, 0.29) is 5.96 Å². The predicted octanol–water partition coefficient (Wildman–Crippen LogP) is 2.82. The van der Waals surface area contributed by atoms with Gasteiger partial charge in [0.1, 0.15) is 12.4 Å². The molecule has 0 heterocycles. The van der Waals surface area contributed by atoms with Crippen LogP contribution in [0.2, 0.25) is 5.02 Å². The molecule has 4 N–H and O–H groups in total. The van der Waals surface area contributed by atoms with E-state index in [4.69, 9.17) is 27.8 Å². The third-order valence-corrected chi connectivity index (χ3v) is 2.71. The van der Waals surface area contributed by atoms with Crippen molar-refractivity contribution in [1.29, 1.82) is 0 Å². The van der Waals surface area contributed by atoms with E-state index in [9.17, 15) is 0 Å². The topological polar surface area (TPSA) is 73.6 Å². The van der Waals surface area contributed by atoms with Crippen LogP contribution in [-0.2, 0) is 6.61 Å². The van der Waals surface area contributed by atoms with Crippen molar-refractivity contribution in [1.82, 2.24) is 0 Å². The molecule has 0 aromatic heterocycles. The number of ether oxygens (including phenoxy) is 1. The SMILES string of the molecule is NC(N)=Nc1ccc(OCc2ccccc2)c(Cl)c1. The summed E-state index contributed by atoms with van der Waals surface area (Å²) in [6.07, 6.45) is 0. The van der Waals surface area contributed by atoms with Crippen molar-refractivity contribution in [2.75, 3.05) is 0 Å². The number of halogens is 1. The molecular formula is C14H14ClN3O. The Kier molecular flexibility index (Phi) is 4.26. The molecule has 0 bridgehead atoms. The minimum Gasteiger partial charge on any atom is -0.487 e. The van der Waals surface area contributed by atoms with Crippen molar-refractivity contribution in [2.24, 2.45) is 16.5 Å². The number of rotatable bonds is 4. The second-order valence-electron chi connectivity index (χ2n) is 3.93. The Morgan fingerprint density at radius 3 is 2.47 bits per heavy atom. The van der Waals surface area contributed by atoms with Crippen LogP contribution in [0.4, 0.5) is 5.69 Å². The lowest BCUT2D eigenvalue weighted by molar-refractivity contribution is 0.306. The smallest absolute Gasteiger partial charge is 0.191 e. The Hall–Kier alpha value is -2.20. The van der Waals surface area contributed by atoms with E-state index < -0.39 is 0 Å². The maximum absolute atomic E-state index is 6.10. The van der Waals surface area contributed by atoms with Crippen LogP contribution in [0.3, 0.4) is 0 Å². The van der Waals surface area contributed by atoms with E-state index in [2.05, 4.69) is 4.99 Å². The van der Waals surface area contributed by atoms with Crippen molar-refractivity contribution >= 4 is 23.2 Å². The van der Waals surface area contributed by atoms with E-state index >= 15 is 0 Å². The van der Waals surface area contributed by atoms with Gasteiger partial charge in [0, 0.05) is 0 Å². The summed E-state index contributed by atoms with van der Waals surface area (Å²) >= 11 is 6.10. The normalized spacial score (nSPS) is 9.95. The molecule has 2 aromatic carbocycles. The minimum absolute atomic E-state index is 0.00554. The molecule has 0 saturated heterocycles. The summed E-state index contributed by atoms with van der Waals surface area (Å²) < 4.78 is 5.64. The quantitative estimate of drug-likeness (QED) is 0.666. The van der Waals surface area contributed by atoms with Crippen LogP contribution in [0.5, 0.6) is 5.75 Å². The van der Waals surface area contributed by atoms with Crippen molar-refractivity contribution in [3.8, 4) is 5.75 Å². The van der Waals surface area contributed by atoms with Gasteiger partial charge in [0.25, 0.3) is 0 Å². The molecular weight excluding hydrogens is 262 g/mol. The van der Waals surface area contributed by atoms with Gasteiger partial charge in [-0.15, -0.1) is 0 Å². The lowest BCUT2D eigenvalue weighted by Crippen LogP contribution is -2.21. The van der Waals surface area contributed by atoms with Gasteiger partial charge in [-0.2, -0.15) is 0 Å². The van der Waals surface area contributed by atoms with Crippen LogP contribution in [0.15, 0.2) is 53.5 Å². The second-order valence-corrected chi connectivity index (χ2v) is 4.33. The van der Waals surface area contributed by atoms with Crippen molar-refractivity contribution in [2.45, 2.75) is 6.61 Å². The molecule has 19 heavy (non-hydrogen) atoms. The van der Waals surface area contributed by atoms with E-state index in [1.54, 1.807) is 18.2 Å². The van der Waals surface area contributed by atoms with Gasteiger partial charge in [-0.25, -0.2) is 4.99 Å². The lowest BCUT2D eigenvalue weighted by Gasteiger charge is -2.08. The van der Waals surface area contributed by atoms with E-state index in [1.807, 2.05) is 30.3 Å². The van der Waals surface area contributed by atoms with E-state index in [1.165, 1.54) is 0 Å². The molecule has 0 spiro atoms. The van der Waals surface area contributed by atoms with Crippen molar-refractivity contribution in [3.05, 3.63) is 59.1 Å². The summed E-state index contributed by atoms with van der Waals surface area (Å²) in [5.41, 5.74) is 12.3. The van der Waals surface area contributed by atoms with Gasteiger partial charge in [0.2, 0.25) is 0 Å². The highest BCUT2D eigenvalue weighted by Crippen LogP contribution is 2.29. The van der Waals surface area contributed by atoms with Crippen LogP contribution in [0, 0.1) is 0 Å². The van der Waals surface area contributed by atoms with Gasteiger partial charge in [0.05, 0.1) is 10.7 Å². The summed E-state index contributed by atoms with van der Waals surface area (Å²) in [5, 5.41) is 0.471. The van der Waals surface area contributed by atoms with Gasteiger partial charge in [-0.3, -0.25) is 0 Å². The minimum atomic E-state index is -0.00554. The molecule has 5 heteroatoms. The number of benzene rings is 2. The maximum Gasteiger partial charge on any atom is 0.191 e. The fourth-order valence-corrected chi connectivity index (χ4v) is 1.79. The summed E-state index contributed by atoms with van der Waals surface area (Å²) in [7, 11) is 0. The molecule has 0 amide bonds. The molecule has 0 radical (unpaired) electrons. The molecule has 0 aliphatic carbocycles. The maximum atomic E-state index is 6.10. The Bertz CT molecular complexity index is 580. The van der Waals surface area contributed by atoms with Crippen LogP contribution in [0.1, 0.15) is 5.56 Å². The van der Waals surface area contributed by atoms with E-state index in [0.29, 0.717) is 23.1 Å². The van der Waals surface area contributed by atoms with E-state index in [0.717, 1.165) is 5.56 Å². The number of hydrogen-bond acceptors (Lipinski definition) is 2. The summed E-state index contributed by atoms with van der Waals surface area (Å²) in [6, 6.07) is 15.0. The van der Waals surface area contributed by atoms with Crippen molar-refractivity contribution < 1.29 is 4.74 Å². The summed E-state index contributed by atoms with van der Waals surface area (Å²) in [4.78, 5) is 3.91. The molecule has 0 aliphatic rings. The van der Waals surface area contributed by atoms with Crippen LogP contribution >= 0.6 is 11.6 Å². The second kappa shape index (κ2) is 6.11. The standard InChI is InChI=1S/C14H14ClN3O/c15-12-8-11(18-14(16)17)6-7-13(12)19-9-10-4-2-1-3-5-10/h1-8H,9H2,(H4,16,17,18). The highest BCUT2D eigenvalue weighted by molar-refractivity contribution is 6.32. The first-order chi connectivity index (χ1) is 9.15. The number of nitrogens with zero attached hydrogens (tertiary/aromatic N) is 1. The summed E-state index contributed by atoms with van der Waals surface area (Å²) in [6.45, 7) is 0.461. The zero-order valence-corrected chi connectivity index (χ0v) is 11.0. The highest BCUT2D eigenvalue weighted by Gasteiger charge is 2.03. The first-order valence-electron chi connectivity index (χ1n) is 5.71. The fourth-order valence-electron chi connectivity index (χ4n) is 1.56. The van der Waals surface area contributed by atoms with Crippen LogP contribution in [0.25, 0.3) is 0 Å². The third kappa shape index (κ3) is 3.89. The average Bonchev–Trinajstić information content (AvgIpc) is 2.38. The fraction of sp³-hybridized carbons (Fsp3) is 0.0714. The largest absolute Gasteiger partial charge is 0.487 e. The van der Waals surface area contributed by atoms with Crippen LogP contribution < -0.4 is 16.2 Å². The van der Waals surface area contributed by atoms with Gasteiger partial charge in [-0.05, 0) is 23.8 Å². The zero-order valence-electron chi connectivity index (χ0n) is 10.2. The number of nitrogens with two attached hydrogens (primary N) is 2.